The van der Waals surface area contributed by atoms with Crippen LogP contribution in [0.3, 0.4) is 0 Å². The molecule has 2 aromatic heterocycles. The highest BCUT2D eigenvalue weighted by Crippen LogP contribution is 2.25. The second kappa shape index (κ2) is 5.21. The van der Waals surface area contributed by atoms with Gasteiger partial charge in [-0.25, -0.2) is 9.97 Å². The quantitative estimate of drug-likeness (QED) is 0.805. The molecule has 0 N–H and O–H groups in total. The number of nitrogens with zero attached hydrogens (tertiary/aromatic N) is 3. The van der Waals surface area contributed by atoms with Crippen molar-refractivity contribution in [3.63, 3.8) is 0 Å². The molecule has 0 atom stereocenters. The van der Waals surface area contributed by atoms with Crippen molar-refractivity contribution < 1.29 is 0 Å². The fourth-order valence-electron chi connectivity index (χ4n) is 1.54. The largest absolute Gasteiger partial charge is 0.354 e. The predicted molar refractivity (Wildman–Crippen MR) is 73.2 cm³/mol. The molecule has 3 nitrogen and oxygen atoms in total. The Bertz CT molecular complexity index is 527. The van der Waals surface area contributed by atoms with Crippen LogP contribution in [0.4, 0.5) is 5.82 Å². The van der Waals surface area contributed by atoms with E-state index in [1.54, 1.807) is 17.5 Å². The molecule has 0 spiro atoms. The Kier molecular flexibility index (Phi) is 3.86. The van der Waals surface area contributed by atoms with Gasteiger partial charge in [-0.05, 0) is 30.7 Å². The van der Waals surface area contributed by atoms with Crippen LogP contribution >= 0.6 is 34.5 Å². The first kappa shape index (κ1) is 12.6. The third-order valence-electron chi connectivity index (χ3n) is 2.30. The lowest BCUT2D eigenvalue weighted by molar-refractivity contribution is 0.895. The predicted octanol–water partition coefficient (Wildman–Crippen LogP) is 3.79. The number of hydrogen-bond donors (Lipinski definition) is 0. The fraction of sp³-hybridized carbons (Fsp3) is 0.273. The molecule has 0 aliphatic rings. The van der Waals surface area contributed by atoms with Gasteiger partial charge in [-0.1, -0.05) is 11.6 Å². The zero-order chi connectivity index (χ0) is 12.4. The minimum Gasteiger partial charge on any atom is -0.354 e. The summed E-state index contributed by atoms with van der Waals surface area (Å²) in [6.07, 6.45) is 1.72. The summed E-state index contributed by atoms with van der Waals surface area (Å²) in [5, 5.41) is 0.265. The molecule has 90 valence electrons. The Morgan fingerprint density at radius 1 is 1.35 bits per heavy atom. The van der Waals surface area contributed by atoms with E-state index in [9.17, 15) is 0 Å². The van der Waals surface area contributed by atoms with Crippen LogP contribution in [0, 0.1) is 6.92 Å². The highest BCUT2D eigenvalue weighted by atomic mass is 35.5. The van der Waals surface area contributed by atoms with E-state index in [1.807, 2.05) is 31.0 Å². The van der Waals surface area contributed by atoms with Gasteiger partial charge in [0.25, 0.3) is 0 Å². The SMILES string of the molecule is Cc1cnc(Cl)nc1N(C)Cc1ccc(Cl)s1. The molecular formula is C11H11Cl2N3S. The lowest BCUT2D eigenvalue weighted by Crippen LogP contribution is -2.18. The van der Waals surface area contributed by atoms with Crippen LogP contribution in [-0.2, 0) is 6.54 Å². The Balaban J connectivity index is 2.19. The Morgan fingerprint density at radius 3 is 2.76 bits per heavy atom. The maximum atomic E-state index is 5.90. The van der Waals surface area contributed by atoms with E-state index in [2.05, 4.69) is 9.97 Å². The lowest BCUT2D eigenvalue weighted by atomic mass is 10.3. The van der Waals surface area contributed by atoms with Crippen molar-refractivity contribution in [2.45, 2.75) is 13.5 Å². The maximum Gasteiger partial charge on any atom is 0.224 e. The standard InChI is InChI=1S/C11H11Cl2N3S/c1-7-5-14-11(13)15-10(7)16(2)6-8-3-4-9(12)17-8/h3-5H,6H2,1-2H3. The monoisotopic (exact) mass is 287 g/mol. The molecule has 0 fully saturated rings. The van der Waals surface area contributed by atoms with Crippen molar-refractivity contribution in [1.82, 2.24) is 9.97 Å². The third-order valence-corrected chi connectivity index (χ3v) is 3.70. The van der Waals surface area contributed by atoms with Crippen molar-refractivity contribution in [1.29, 1.82) is 0 Å². The number of aromatic nitrogens is 2. The summed E-state index contributed by atoms with van der Waals surface area (Å²) in [5.74, 6) is 0.842. The van der Waals surface area contributed by atoms with Gasteiger partial charge in [0.1, 0.15) is 5.82 Å². The molecule has 0 aromatic carbocycles. The molecule has 0 aliphatic carbocycles. The molecule has 2 rings (SSSR count). The first-order valence-corrected chi connectivity index (χ1v) is 6.58. The van der Waals surface area contributed by atoms with Crippen LogP contribution < -0.4 is 4.90 Å². The lowest BCUT2D eigenvalue weighted by Gasteiger charge is -2.19. The average Bonchev–Trinajstić information content (AvgIpc) is 2.67. The highest BCUT2D eigenvalue weighted by molar-refractivity contribution is 7.16. The molecule has 17 heavy (non-hydrogen) atoms. The molecule has 6 heteroatoms. The van der Waals surface area contributed by atoms with Crippen LogP contribution in [-0.4, -0.2) is 17.0 Å². The van der Waals surface area contributed by atoms with E-state index in [0.29, 0.717) is 0 Å². The van der Waals surface area contributed by atoms with Crippen LogP contribution in [0.5, 0.6) is 0 Å². The molecule has 0 radical (unpaired) electrons. The van der Waals surface area contributed by atoms with Gasteiger partial charge in [0, 0.05) is 23.7 Å². The van der Waals surface area contributed by atoms with E-state index in [4.69, 9.17) is 23.2 Å². The first-order chi connectivity index (χ1) is 8.06. The number of halogens is 2. The minimum atomic E-state index is 0.265. The number of thiophene rings is 1. The van der Waals surface area contributed by atoms with Crippen molar-refractivity contribution >= 4 is 40.4 Å². The Labute approximate surface area is 114 Å². The van der Waals surface area contributed by atoms with Gasteiger partial charge in [-0.3, -0.25) is 0 Å². The summed E-state index contributed by atoms with van der Waals surface area (Å²) in [6.45, 7) is 2.72. The molecule has 0 saturated heterocycles. The molecule has 0 aliphatic heterocycles. The number of anilines is 1. The first-order valence-electron chi connectivity index (χ1n) is 5.01. The molecule has 2 heterocycles. The molecule has 2 aromatic rings. The van der Waals surface area contributed by atoms with E-state index >= 15 is 0 Å². The molecule has 0 unspecified atom stereocenters. The number of rotatable bonds is 3. The molecule has 0 amide bonds. The average molecular weight is 288 g/mol. The number of aryl methyl sites for hydroxylation is 1. The summed E-state index contributed by atoms with van der Waals surface area (Å²) in [7, 11) is 1.97. The summed E-state index contributed by atoms with van der Waals surface area (Å²) in [6, 6.07) is 3.91. The van der Waals surface area contributed by atoms with Crippen molar-refractivity contribution in [3.05, 3.63) is 38.4 Å². The molecule has 0 bridgehead atoms. The van der Waals surface area contributed by atoms with E-state index in [0.717, 1.165) is 22.3 Å². The van der Waals surface area contributed by atoms with Crippen LogP contribution in [0.2, 0.25) is 9.62 Å². The second-order valence-electron chi connectivity index (χ2n) is 3.71. The van der Waals surface area contributed by atoms with Gasteiger partial charge in [-0.15, -0.1) is 11.3 Å². The van der Waals surface area contributed by atoms with Gasteiger partial charge >= 0.3 is 0 Å². The zero-order valence-corrected chi connectivity index (χ0v) is 11.8. The van der Waals surface area contributed by atoms with Crippen molar-refractivity contribution in [2.75, 3.05) is 11.9 Å². The summed E-state index contributed by atoms with van der Waals surface area (Å²) >= 11 is 13.3. The van der Waals surface area contributed by atoms with E-state index in [-0.39, 0.29) is 5.28 Å². The van der Waals surface area contributed by atoms with Crippen molar-refractivity contribution in [3.8, 4) is 0 Å². The van der Waals surface area contributed by atoms with Gasteiger partial charge < -0.3 is 4.90 Å². The van der Waals surface area contributed by atoms with E-state index < -0.39 is 0 Å². The topological polar surface area (TPSA) is 29.0 Å². The molecule has 0 saturated carbocycles. The smallest absolute Gasteiger partial charge is 0.224 e. The maximum absolute atomic E-state index is 5.90. The van der Waals surface area contributed by atoms with Gasteiger partial charge in [0.05, 0.1) is 10.9 Å². The van der Waals surface area contributed by atoms with Crippen LogP contribution in [0.25, 0.3) is 0 Å². The third kappa shape index (κ3) is 3.09. The zero-order valence-electron chi connectivity index (χ0n) is 9.44. The van der Waals surface area contributed by atoms with Gasteiger partial charge in [-0.2, -0.15) is 0 Å². The normalized spacial score (nSPS) is 10.6. The summed E-state index contributed by atoms with van der Waals surface area (Å²) in [4.78, 5) is 11.4. The second-order valence-corrected chi connectivity index (χ2v) is 5.85. The van der Waals surface area contributed by atoms with Gasteiger partial charge in [0.2, 0.25) is 5.28 Å². The Hall–Kier alpha value is -0.840. The fourth-order valence-corrected chi connectivity index (χ4v) is 2.81. The van der Waals surface area contributed by atoms with Crippen LogP contribution in [0.1, 0.15) is 10.4 Å². The van der Waals surface area contributed by atoms with Crippen molar-refractivity contribution in [2.24, 2.45) is 0 Å². The molecular weight excluding hydrogens is 277 g/mol. The summed E-state index contributed by atoms with van der Waals surface area (Å²) < 4.78 is 0.797. The number of hydrogen-bond acceptors (Lipinski definition) is 4. The van der Waals surface area contributed by atoms with Crippen LogP contribution in [0.15, 0.2) is 18.3 Å². The summed E-state index contributed by atoms with van der Waals surface area (Å²) in [5.41, 5.74) is 1.000. The minimum absolute atomic E-state index is 0.265. The highest BCUT2D eigenvalue weighted by Gasteiger charge is 2.09. The van der Waals surface area contributed by atoms with Gasteiger partial charge in [0.15, 0.2) is 0 Å². The Morgan fingerprint density at radius 2 is 2.12 bits per heavy atom. The van der Waals surface area contributed by atoms with E-state index in [1.165, 1.54) is 4.88 Å².